The minimum Gasteiger partial charge on any atom is -0.316 e. The van der Waals surface area contributed by atoms with Crippen molar-refractivity contribution in [3.05, 3.63) is 22.4 Å². The Morgan fingerprint density at radius 2 is 2.00 bits per heavy atom. The highest BCUT2D eigenvalue weighted by Crippen LogP contribution is 2.29. The van der Waals surface area contributed by atoms with Crippen LogP contribution >= 0.6 is 22.7 Å². The Hall–Kier alpha value is -0.420. The van der Waals surface area contributed by atoms with Gasteiger partial charge in [0.05, 0.1) is 0 Å². The van der Waals surface area contributed by atoms with Crippen molar-refractivity contribution in [2.75, 3.05) is 19.6 Å². The smallest absolute Gasteiger partial charge is 0.0453 e. The summed E-state index contributed by atoms with van der Waals surface area (Å²) in [4.78, 5) is 1.45. The molecule has 100 valence electrons. The SMILES string of the molecule is CC(C)CNCCCNCc1cc2sccc2s1. The van der Waals surface area contributed by atoms with Crippen LogP contribution < -0.4 is 10.6 Å². The van der Waals surface area contributed by atoms with E-state index in [1.807, 2.05) is 22.7 Å². The molecule has 0 saturated carbocycles. The molecule has 2 nitrogen and oxygen atoms in total. The van der Waals surface area contributed by atoms with Crippen LogP contribution in [0.1, 0.15) is 25.1 Å². The molecule has 0 aliphatic heterocycles. The number of thiophene rings is 2. The summed E-state index contributed by atoms with van der Waals surface area (Å²) in [7, 11) is 0. The minimum atomic E-state index is 0.747. The van der Waals surface area contributed by atoms with Crippen LogP contribution in [0.3, 0.4) is 0 Å². The molecule has 0 spiro atoms. The first kappa shape index (κ1) is 14.0. The molecule has 2 aromatic heterocycles. The summed E-state index contributed by atoms with van der Waals surface area (Å²) in [5, 5.41) is 9.15. The second-order valence-electron chi connectivity index (χ2n) is 4.99. The van der Waals surface area contributed by atoms with Crippen LogP contribution in [0.25, 0.3) is 9.40 Å². The predicted molar refractivity (Wildman–Crippen MR) is 83.7 cm³/mol. The van der Waals surface area contributed by atoms with Gasteiger partial charge in [0.15, 0.2) is 0 Å². The lowest BCUT2D eigenvalue weighted by molar-refractivity contribution is 0.531. The number of rotatable bonds is 8. The van der Waals surface area contributed by atoms with E-state index in [-0.39, 0.29) is 0 Å². The number of nitrogens with one attached hydrogen (secondary N) is 2. The Morgan fingerprint density at radius 1 is 1.17 bits per heavy atom. The fraction of sp³-hybridized carbons (Fsp3) is 0.571. The van der Waals surface area contributed by atoms with Crippen molar-refractivity contribution in [3.8, 4) is 0 Å². The van der Waals surface area contributed by atoms with Crippen molar-refractivity contribution in [2.24, 2.45) is 5.92 Å². The lowest BCUT2D eigenvalue weighted by Gasteiger charge is -2.07. The quantitative estimate of drug-likeness (QED) is 0.722. The first-order valence-corrected chi connectivity index (χ1v) is 8.32. The van der Waals surface area contributed by atoms with Gasteiger partial charge in [-0.15, -0.1) is 22.7 Å². The second-order valence-corrected chi connectivity index (χ2v) is 7.11. The normalized spacial score (nSPS) is 11.7. The Kier molecular flexibility index (Phi) is 5.63. The Labute approximate surface area is 117 Å². The molecule has 0 saturated heterocycles. The van der Waals surface area contributed by atoms with E-state index in [9.17, 15) is 0 Å². The Balaban J connectivity index is 1.57. The van der Waals surface area contributed by atoms with Crippen molar-refractivity contribution < 1.29 is 0 Å². The van der Waals surface area contributed by atoms with Gasteiger partial charge in [-0.05, 0) is 49.5 Å². The Morgan fingerprint density at radius 3 is 2.78 bits per heavy atom. The van der Waals surface area contributed by atoms with Gasteiger partial charge >= 0.3 is 0 Å². The maximum absolute atomic E-state index is 3.52. The molecule has 0 amide bonds. The van der Waals surface area contributed by atoms with Gasteiger partial charge in [0, 0.05) is 20.8 Å². The molecule has 2 N–H and O–H groups in total. The summed E-state index contributed by atoms with van der Waals surface area (Å²) in [6.45, 7) is 8.83. The van der Waals surface area contributed by atoms with Crippen molar-refractivity contribution in [1.29, 1.82) is 0 Å². The highest BCUT2D eigenvalue weighted by molar-refractivity contribution is 7.26. The fourth-order valence-electron chi connectivity index (χ4n) is 1.84. The number of hydrogen-bond donors (Lipinski definition) is 2. The molecule has 2 heterocycles. The molecular formula is C14H22N2S2. The topological polar surface area (TPSA) is 24.1 Å². The van der Waals surface area contributed by atoms with Crippen LogP contribution in [-0.4, -0.2) is 19.6 Å². The molecule has 0 bridgehead atoms. The van der Waals surface area contributed by atoms with Gasteiger partial charge < -0.3 is 10.6 Å². The van der Waals surface area contributed by atoms with Crippen LogP contribution in [0.5, 0.6) is 0 Å². The van der Waals surface area contributed by atoms with Gasteiger partial charge in [0.2, 0.25) is 0 Å². The zero-order valence-corrected chi connectivity index (χ0v) is 12.8. The molecule has 2 rings (SSSR count). The molecule has 0 aliphatic carbocycles. The Bertz CT molecular complexity index is 431. The van der Waals surface area contributed by atoms with Gasteiger partial charge in [0.25, 0.3) is 0 Å². The van der Waals surface area contributed by atoms with Crippen molar-refractivity contribution >= 4 is 32.1 Å². The van der Waals surface area contributed by atoms with Crippen LogP contribution in [0.4, 0.5) is 0 Å². The molecule has 18 heavy (non-hydrogen) atoms. The molecule has 0 atom stereocenters. The van der Waals surface area contributed by atoms with Crippen molar-refractivity contribution in [3.63, 3.8) is 0 Å². The summed E-state index contributed by atoms with van der Waals surface area (Å²) in [6.07, 6.45) is 1.20. The lowest BCUT2D eigenvalue weighted by atomic mass is 10.2. The standard InChI is InChI=1S/C14H22N2S2/c1-11(2)9-15-5-3-6-16-10-12-8-14-13(18-12)4-7-17-14/h4,7-8,11,15-16H,3,5-6,9-10H2,1-2H3. The van der Waals surface area contributed by atoms with E-state index >= 15 is 0 Å². The van der Waals surface area contributed by atoms with E-state index in [0.29, 0.717) is 0 Å². The zero-order chi connectivity index (χ0) is 12.8. The molecule has 0 unspecified atom stereocenters. The van der Waals surface area contributed by atoms with Gasteiger partial charge in [-0.1, -0.05) is 13.8 Å². The van der Waals surface area contributed by atoms with Gasteiger partial charge in [-0.2, -0.15) is 0 Å². The van der Waals surface area contributed by atoms with Crippen LogP contribution in [-0.2, 0) is 6.54 Å². The third-order valence-electron chi connectivity index (χ3n) is 2.75. The summed E-state index contributed by atoms with van der Waals surface area (Å²) in [5.74, 6) is 0.747. The largest absolute Gasteiger partial charge is 0.316 e. The molecule has 4 heteroatoms. The third-order valence-corrected chi connectivity index (χ3v) is 4.84. The van der Waals surface area contributed by atoms with Crippen molar-refractivity contribution in [2.45, 2.75) is 26.8 Å². The first-order chi connectivity index (χ1) is 8.75. The third kappa shape index (κ3) is 4.35. The average Bonchev–Trinajstić information content (AvgIpc) is 2.87. The second kappa shape index (κ2) is 7.24. The minimum absolute atomic E-state index is 0.747. The summed E-state index contributed by atoms with van der Waals surface area (Å²) in [5.41, 5.74) is 0. The van der Waals surface area contributed by atoms with Gasteiger partial charge in [-0.25, -0.2) is 0 Å². The summed E-state index contributed by atoms with van der Waals surface area (Å²) in [6, 6.07) is 4.53. The summed E-state index contributed by atoms with van der Waals surface area (Å²) < 4.78 is 2.85. The highest BCUT2D eigenvalue weighted by atomic mass is 32.1. The van der Waals surface area contributed by atoms with E-state index in [4.69, 9.17) is 0 Å². The number of hydrogen-bond acceptors (Lipinski definition) is 4. The predicted octanol–water partition coefficient (Wildman–Crippen LogP) is 3.69. The molecule has 0 radical (unpaired) electrons. The zero-order valence-electron chi connectivity index (χ0n) is 11.2. The molecular weight excluding hydrogens is 260 g/mol. The van der Waals surface area contributed by atoms with E-state index in [1.54, 1.807) is 0 Å². The molecule has 0 fully saturated rings. The van der Waals surface area contributed by atoms with Crippen LogP contribution in [0.15, 0.2) is 17.5 Å². The molecule has 2 aromatic rings. The molecule has 0 aliphatic rings. The van der Waals surface area contributed by atoms with Gasteiger partial charge in [0.1, 0.15) is 0 Å². The maximum atomic E-state index is 3.52. The van der Waals surface area contributed by atoms with E-state index in [2.05, 4.69) is 42.0 Å². The molecule has 0 aromatic carbocycles. The maximum Gasteiger partial charge on any atom is 0.0453 e. The highest BCUT2D eigenvalue weighted by Gasteiger charge is 2.01. The van der Waals surface area contributed by atoms with Crippen LogP contribution in [0.2, 0.25) is 0 Å². The summed E-state index contributed by atoms with van der Waals surface area (Å²) >= 11 is 3.74. The van der Waals surface area contributed by atoms with E-state index in [0.717, 1.165) is 32.1 Å². The van der Waals surface area contributed by atoms with E-state index < -0.39 is 0 Å². The first-order valence-electron chi connectivity index (χ1n) is 6.63. The average molecular weight is 282 g/mol. The van der Waals surface area contributed by atoms with Crippen molar-refractivity contribution in [1.82, 2.24) is 10.6 Å². The number of fused-ring (bicyclic) bond motifs is 1. The lowest BCUT2D eigenvalue weighted by Crippen LogP contribution is -2.24. The van der Waals surface area contributed by atoms with Gasteiger partial charge in [-0.3, -0.25) is 0 Å². The van der Waals surface area contributed by atoms with E-state index in [1.165, 1.54) is 20.7 Å². The monoisotopic (exact) mass is 282 g/mol. The fourth-order valence-corrected chi connectivity index (χ4v) is 3.95. The van der Waals surface area contributed by atoms with Crippen LogP contribution in [0, 0.1) is 5.92 Å².